The van der Waals surface area contributed by atoms with E-state index >= 15 is 0 Å². The number of piperidine rings is 1. The number of hydrogen-bond acceptors (Lipinski definition) is 1. The first-order chi connectivity index (χ1) is 7.86. The van der Waals surface area contributed by atoms with Crippen LogP contribution in [0.25, 0.3) is 0 Å². The average molecular weight is 223 g/mol. The third-order valence-corrected chi connectivity index (χ3v) is 4.69. The Balaban J connectivity index is 1.95. The first kappa shape index (κ1) is 12.4. The van der Waals surface area contributed by atoms with Crippen molar-refractivity contribution in [3.8, 4) is 0 Å². The molecule has 1 nitrogen and oxygen atoms in total. The Hall–Kier alpha value is -0.0400. The summed E-state index contributed by atoms with van der Waals surface area (Å²) in [6, 6.07) is 2.85. The fourth-order valence-corrected chi connectivity index (χ4v) is 3.97. The molecule has 16 heavy (non-hydrogen) atoms. The van der Waals surface area contributed by atoms with E-state index in [1.165, 1.54) is 64.2 Å². The summed E-state index contributed by atoms with van der Waals surface area (Å²) in [6.45, 7) is 4.68. The van der Waals surface area contributed by atoms with Gasteiger partial charge in [-0.25, -0.2) is 0 Å². The van der Waals surface area contributed by atoms with Crippen molar-refractivity contribution < 1.29 is 0 Å². The minimum absolute atomic E-state index is 0.919. The van der Waals surface area contributed by atoms with Crippen LogP contribution < -0.4 is 0 Å². The Morgan fingerprint density at radius 3 is 2.19 bits per heavy atom. The van der Waals surface area contributed by atoms with E-state index in [4.69, 9.17) is 0 Å². The van der Waals surface area contributed by atoms with Crippen LogP contribution in [0.3, 0.4) is 0 Å². The zero-order valence-electron chi connectivity index (χ0n) is 11.3. The van der Waals surface area contributed by atoms with Gasteiger partial charge in [0.25, 0.3) is 0 Å². The van der Waals surface area contributed by atoms with Crippen molar-refractivity contribution in [3.05, 3.63) is 0 Å². The second kappa shape index (κ2) is 6.05. The average Bonchev–Trinajstić information content (AvgIpc) is 2.55. The number of nitrogens with zero attached hydrogens (tertiary/aromatic N) is 1. The lowest BCUT2D eigenvalue weighted by atomic mass is 9.95. The topological polar surface area (TPSA) is 3.24 Å². The van der Waals surface area contributed by atoms with E-state index in [-0.39, 0.29) is 0 Å². The van der Waals surface area contributed by atoms with Crippen molar-refractivity contribution in [2.45, 2.75) is 96.2 Å². The molecular weight excluding hydrogens is 194 g/mol. The van der Waals surface area contributed by atoms with Crippen LogP contribution in [0.1, 0.15) is 78.1 Å². The third kappa shape index (κ3) is 2.61. The van der Waals surface area contributed by atoms with E-state index in [0.29, 0.717) is 0 Å². The summed E-state index contributed by atoms with van der Waals surface area (Å²) in [4.78, 5) is 2.95. The van der Waals surface area contributed by atoms with Gasteiger partial charge in [-0.2, -0.15) is 0 Å². The van der Waals surface area contributed by atoms with E-state index in [1.54, 1.807) is 0 Å². The van der Waals surface area contributed by atoms with E-state index in [1.807, 2.05) is 0 Å². The normalized spacial score (nSPS) is 31.9. The fraction of sp³-hybridized carbons (Fsp3) is 1.00. The van der Waals surface area contributed by atoms with Gasteiger partial charge < -0.3 is 0 Å². The van der Waals surface area contributed by atoms with Gasteiger partial charge in [-0.1, -0.05) is 39.5 Å². The van der Waals surface area contributed by atoms with Crippen LogP contribution >= 0.6 is 0 Å². The SMILES string of the molecule is CCCCC(CCC)N1C2CCCC1CC2. The van der Waals surface area contributed by atoms with Crippen LogP contribution in [0.5, 0.6) is 0 Å². The highest BCUT2D eigenvalue weighted by atomic mass is 15.2. The molecule has 1 heteroatoms. The Morgan fingerprint density at radius 2 is 1.62 bits per heavy atom. The standard InChI is InChI=1S/C15H29N/c1-3-5-8-13(7-4-2)16-14-9-6-10-15(16)12-11-14/h13-15H,3-12H2,1-2H3. The van der Waals surface area contributed by atoms with Crippen molar-refractivity contribution in [3.63, 3.8) is 0 Å². The third-order valence-electron chi connectivity index (χ3n) is 4.69. The molecule has 3 atom stereocenters. The zero-order chi connectivity index (χ0) is 11.4. The summed E-state index contributed by atoms with van der Waals surface area (Å²) in [7, 11) is 0. The van der Waals surface area contributed by atoms with E-state index in [9.17, 15) is 0 Å². The largest absolute Gasteiger partial charge is 0.294 e. The molecule has 0 spiro atoms. The molecule has 2 aliphatic heterocycles. The number of hydrogen-bond donors (Lipinski definition) is 0. The molecule has 2 rings (SSSR count). The van der Waals surface area contributed by atoms with Gasteiger partial charge >= 0.3 is 0 Å². The summed E-state index contributed by atoms with van der Waals surface area (Å²) in [5.41, 5.74) is 0. The van der Waals surface area contributed by atoms with Crippen LogP contribution in [0.4, 0.5) is 0 Å². The lowest BCUT2D eigenvalue weighted by Gasteiger charge is -2.41. The van der Waals surface area contributed by atoms with Crippen LogP contribution in [-0.2, 0) is 0 Å². The van der Waals surface area contributed by atoms with Crippen molar-refractivity contribution in [2.24, 2.45) is 0 Å². The smallest absolute Gasteiger partial charge is 0.0102 e. The Labute approximate surface area is 102 Å². The quantitative estimate of drug-likeness (QED) is 0.646. The Kier molecular flexibility index (Phi) is 4.69. The molecule has 0 N–H and O–H groups in total. The molecule has 0 amide bonds. The van der Waals surface area contributed by atoms with Crippen LogP contribution in [-0.4, -0.2) is 23.0 Å². The maximum absolute atomic E-state index is 2.95. The van der Waals surface area contributed by atoms with Crippen LogP contribution in [0.15, 0.2) is 0 Å². The van der Waals surface area contributed by atoms with Crippen molar-refractivity contribution in [2.75, 3.05) is 0 Å². The highest BCUT2D eigenvalue weighted by Crippen LogP contribution is 2.38. The van der Waals surface area contributed by atoms with E-state index in [2.05, 4.69) is 18.7 Å². The number of fused-ring (bicyclic) bond motifs is 2. The van der Waals surface area contributed by atoms with Gasteiger partial charge in [-0.05, 0) is 38.5 Å². The summed E-state index contributed by atoms with van der Waals surface area (Å²) in [5, 5.41) is 0. The van der Waals surface area contributed by atoms with Crippen molar-refractivity contribution >= 4 is 0 Å². The van der Waals surface area contributed by atoms with Gasteiger partial charge in [0.2, 0.25) is 0 Å². The predicted octanol–water partition coefficient (Wildman–Crippen LogP) is 4.36. The fourth-order valence-electron chi connectivity index (χ4n) is 3.97. The second-order valence-electron chi connectivity index (χ2n) is 5.85. The maximum Gasteiger partial charge on any atom is 0.0102 e. The van der Waals surface area contributed by atoms with E-state index in [0.717, 1.165) is 18.1 Å². The molecule has 0 aromatic carbocycles. The highest BCUT2D eigenvalue weighted by molar-refractivity contribution is 4.95. The molecule has 2 bridgehead atoms. The van der Waals surface area contributed by atoms with Gasteiger partial charge in [-0.15, -0.1) is 0 Å². The number of unbranched alkanes of at least 4 members (excludes halogenated alkanes) is 1. The second-order valence-corrected chi connectivity index (χ2v) is 5.85. The lowest BCUT2D eigenvalue weighted by molar-refractivity contribution is 0.0749. The molecule has 0 saturated carbocycles. The summed E-state index contributed by atoms with van der Waals surface area (Å²) in [5.74, 6) is 0. The zero-order valence-corrected chi connectivity index (χ0v) is 11.3. The molecule has 94 valence electrons. The molecule has 2 fully saturated rings. The minimum Gasteiger partial charge on any atom is -0.294 e. The predicted molar refractivity (Wildman–Crippen MR) is 70.7 cm³/mol. The molecule has 0 aromatic rings. The van der Waals surface area contributed by atoms with Crippen molar-refractivity contribution in [1.82, 2.24) is 4.90 Å². The van der Waals surface area contributed by atoms with Gasteiger partial charge in [0.15, 0.2) is 0 Å². The van der Waals surface area contributed by atoms with E-state index < -0.39 is 0 Å². The maximum atomic E-state index is 2.95. The van der Waals surface area contributed by atoms with Gasteiger partial charge in [0, 0.05) is 18.1 Å². The summed E-state index contributed by atoms with van der Waals surface area (Å²) < 4.78 is 0. The Bertz CT molecular complexity index is 186. The first-order valence-corrected chi connectivity index (χ1v) is 7.64. The molecule has 0 aromatic heterocycles. The lowest BCUT2D eigenvalue weighted by Crippen LogP contribution is -2.46. The summed E-state index contributed by atoms with van der Waals surface area (Å²) in [6.07, 6.45) is 14.5. The molecule has 2 saturated heterocycles. The first-order valence-electron chi connectivity index (χ1n) is 7.64. The molecule has 0 aliphatic carbocycles. The van der Waals surface area contributed by atoms with Crippen LogP contribution in [0.2, 0.25) is 0 Å². The van der Waals surface area contributed by atoms with Gasteiger partial charge in [0.05, 0.1) is 0 Å². The summed E-state index contributed by atoms with van der Waals surface area (Å²) >= 11 is 0. The molecule has 0 radical (unpaired) electrons. The molecule has 2 aliphatic rings. The highest BCUT2D eigenvalue weighted by Gasteiger charge is 2.39. The minimum atomic E-state index is 0.919. The number of rotatable bonds is 6. The van der Waals surface area contributed by atoms with Gasteiger partial charge in [-0.3, -0.25) is 4.90 Å². The molecular formula is C15H29N. The van der Waals surface area contributed by atoms with Gasteiger partial charge in [0.1, 0.15) is 0 Å². The Morgan fingerprint density at radius 1 is 0.938 bits per heavy atom. The van der Waals surface area contributed by atoms with Crippen molar-refractivity contribution in [1.29, 1.82) is 0 Å². The molecule has 3 unspecified atom stereocenters. The van der Waals surface area contributed by atoms with Crippen LogP contribution in [0, 0.1) is 0 Å². The monoisotopic (exact) mass is 223 g/mol. The molecule has 2 heterocycles.